The van der Waals surface area contributed by atoms with Crippen molar-refractivity contribution in [2.75, 3.05) is 0 Å². The van der Waals surface area contributed by atoms with E-state index in [4.69, 9.17) is 0 Å². The van der Waals surface area contributed by atoms with Crippen molar-refractivity contribution in [1.82, 2.24) is 4.72 Å². The Balaban J connectivity index is 2.25. The molecule has 5 heteroatoms. The third kappa shape index (κ3) is 2.29. The number of nitrogens with one attached hydrogen (secondary N) is 1. The van der Waals surface area contributed by atoms with Gasteiger partial charge in [0.2, 0.25) is 5.91 Å². The molecule has 1 amide bonds. The summed E-state index contributed by atoms with van der Waals surface area (Å²) in [7, 11) is -1.43. The lowest BCUT2D eigenvalue weighted by Crippen LogP contribution is -2.18. The summed E-state index contributed by atoms with van der Waals surface area (Å²) in [6.45, 7) is 1.80. The highest BCUT2D eigenvalue weighted by molar-refractivity contribution is 7.85. The summed E-state index contributed by atoms with van der Waals surface area (Å²) in [4.78, 5) is 11.1. The highest BCUT2D eigenvalue weighted by Gasteiger charge is 2.31. The van der Waals surface area contributed by atoms with Crippen molar-refractivity contribution >= 4 is 16.9 Å². The molecule has 0 aromatic rings. The second kappa shape index (κ2) is 4.33. The molecule has 0 spiro atoms. The Morgan fingerprint density at radius 1 is 1.44 bits per heavy atom. The average molecular weight is 241 g/mol. The fourth-order valence-corrected chi connectivity index (χ4v) is 2.90. The normalized spacial score (nSPS) is 34.1. The highest BCUT2D eigenvalue weighted by Crippen LogP contribution is 2.23. The molecule has 3 unspecified atom stereocenters. The van der Waals surface area contributed by atoms with Gasteiger partial charge in [-0.3, -0.25) is 9.52 Å². The number of rotatable bonds is 1. The van der Waals surface area contributed by atoms with E-state index in [0.717, 1.165) is 5.57 Å². The van der Waals surface area contributed by atoms with Crippen LogP contribution in [0.3, 0.4) is 0 Å². The molecule has 3 atom stereocenters. The summed E-state index contributed by atoms with van der Waals surface area (Å²) in [5.74, 6) is -0.248. The van der Waals surface area contributed by atoms with E-state index < -0.39 is 22.4 Å². The van der Waals surface area contributed by atoms with Crippen molar-refractivity contribution in [2.24, 2.45) is 0 Å². The van der Waals surface area contributed by atoms with E-state index in [9.17, 15) is 13.4 Å². The zero-order valence-electron chi connectivity index (χ0n) is 8.77. The molecule has 86 valence electrons. The third-order valence-electron chi connectivity index (χ3n) is 2.53. The van der Waals surface area contributed by atoms with Crippen LogP contribution in [0.4, 0.5) is 4.39 Å². The molecular weight excluding hydrogens is 229 g/mol. The van der Waals surface area contributed by atoms with E-state index >= 15 is 0 Å². The van der Waals surface area contributed by atoms with E-state index in [1.54, 1.807) is 19.1 Å². The standard InChI is InChI=1S/C11H12FNO2S/c1-7-2-3-8(5-9(12)4-7)10-6-11(14)13-16(10)15/h2-5,9-10H,6H2,1H3,(H,13,14). The summed E-state index contributed by atoms with van der Waals surface area (Å²) in [5, 5.41) is -0.429. The maximum atomic E-state index is 13.4. The second-order valence-electron chi connectivity index (χ2n) is 3.87. The van der Waals surface area contributed by atoms with Gasteiger partial charge in [-0.15, -0.1) is 0 Å². The molecule has 2 aliphatic rings. The van der Waals surface area contributed by atoms with E-state index in [-0.39, 0.29) is 12.3 Å². The lowest BCUT2D eigenvalue weighted by atomic mass is 10.1. The van der Waals surface area contributed by atoms with Crippen LogP contribution in [-0.4, -0.2) is 21.5 Å². The first-order chi connectivity index (χ1) is 7.56. The fraction of sp³-hybridized carbons (Fsp3) is 0.364. The average Bonchev–Trinajstić information content (AvgIpc) is 2.41. The Morgan fingerprint density at radius 2 is 2.19 bits per heavy atom. The summed E-state index contributed by atoms with van der Waals surface area (Å²) in [5.41, 5.74) is 1.44. The van der Waals surface area contributed by atoms with Crippen molar-refractivity contribution in [3.05, 3.63) is 35.5 Å². The van der Waals surface area contributed by atoms with E-state index in [0.29, 0.717) is 5.57 Å². The van der Waals surface area contributed by atoms with Crippen molar-refractivity contribution in [1.29, 1.82) is 0 Å². The summed E-state index contributed by atoms with van der Waals surface area (Å²) < 4.78 is 27.3. The number of carbonyl (C=O) groups is 1. The predicted octanol–water partition coefficient (Wildman–Crippen LogP) is 1.32. The number of allylic oxidation sites excluding steroid dienone is 5. The zero-order valence-corrected chi connectivity index (χ0v) is 9.59. The topological polar surface area (TPSA) is 46.2 Å². The Labute approximate surface area is 95.7 Å². The van der Waals surface area contributed by atoms with Gasteiger partial charge in [-0.1, -0.05) is 17.7 Å². The molecule has 3 nitrogen and oxygen atoms in total. The largest absolute Gasteiger partial charge is 0.275 e. The molecule has 16 heavy (non-hydrogen) atoms. The van der Waals surface area contributed by atoms with Crippen LogP contribution in [0, 0.1) is 0 Å². The Bertz CT molecular complexity index is 439. The first kappa shape index (κ1) is 11.3. The van der Waals surface area contributed by atoms with Gasteiger partial charge in [-0.2, -0.15) is 0 Å². The van der Waals surface area contributed by atoms with Crippen molar-refractivity contribution in [3.63, 3.8) is 0 Å². The van der Waals surface area contributed by atoms with Gasteiger partial charge in [-0.25, -0.2) is 8.60 Å². The Kier molecular flexibility index (Phi) is 3.05. The summed E-state index contributed by atoms with van der Waals surface area (Å²) in [6.07, 6.45) is 5.37. The molecule has 1 saturated heterocycles. The monoisotopic (exact) mass is 241 g/mol. The van der Waals surface area contributed by atoms with Gasteiger partial charge in [-0.05, 0) is 24.6 Å². The first-order valence-electron chi connectivity index (χ1n) is 4.98. The molecule has 0 aromatic carbocycles. The van der Waals surface area contributed by atoms with Crippen LogP contribution in [0.15, 0.2) is 35.5 Å². The minimum Gasteiger partial charge on any atom is -0.275 e. The van der Waals surface area contributed by atoms with Gasteiger partial charge >= 0.3 is 0 Å². The minimum atomic E-state index is -1.43. The molecule has 0 bridgehead atoms. The number of carbonyl (C=O) groups excluding carboxylic acids is 1. The van der Waals surface area contributed by atoms with E-state index in [1.165, 1.54) is 12.2 Å². The molecule has 2 rings (SSSR count). The summed E-state index contributed by atoms with van der Waals surface area (Å²) in [6, 6.07) is 0. The van der Waals surface area contributed by atoms with Gasteiger partial charge in [0.1, 0.15) is 17.2 Å². The third-order valence-corrected chi connectivity index (χ3v) is 3.91. The van der Waals surface area contributed by atoms with E-state index in [1.807, 2.05) is 0 Å². The van der Waals surface area contributed by atoms with Gasteiger partial charge in [0.05, 0.1) is 5.25 Å². The molecule has 1 aliphatic heterocycles. The number of hydrogen-bond donors (Lipinski definition) is 1. The summed E-state index contributed by atoms with van der Waals surface area (Å²) >= 11 is 0. The maximum Gasteiger partial charge on any atom is 0.233 e. The molecule has 1 N–H and O–H groups in total. The van der Waals surface area contributed by atoms with Gasteiger partial charge in [0, 0.05) is 6.42 Å². The number of hydrogen-bond acceptors (Lipinski definition) is 2. The van der Waals surface area contributed by atoms with Crippen LogP contribution < -0.4 is 4.72 Å². The molecule has 1 fully saturated rings. The van der Waals surface area contributed by atoms with Gasteiger partial charge in [0.15, 0.2) is 0 Å². The number of alkyl halides is 1. The zero-order chi connectivity index (χ0) is 11.7. The molecule has 1 heterocycles. The fourth-order valence-electron chi connectivity index (χ4n) is 1.75. The van der Waals surface area contributed by atoms with Crippen LogP contribution in [0.5, 0.6) is 0 Å². The molecule has 0 aromatic heterocycles. The van der Waals surface area contributed by atoms with Crippen LogP contribution in [0.1, 0.15) is 13.3 Å². The lowest BCUT2D eigenvalue weighted by molar-refractivity contribution is -0.118. The van der Waals surface area contributed by atoms with Crippen LogP contribution in [-0.2, 0) is 15.8 Å². The van der Waals surface area contributed by atoms with Gasteiger partial charge in [0.25, 0.3) is 0 Å². The van der Waals surface area contributed by atoms with Gasteiger partial charge < -0.3 is 0 Å². The quantitative estimate of drug-likeness (QED) is 0.752. The predicted molar refractivity (Wildman–Crippen MR) is 60.6 cm³/mol. The van der Waals surface area contributed by atoms with Crippen LogP contribution in [0.25, 0.3) is 0 Å². The second-order valence-corrected chi connectivity index (χ2v) is 5.24. The molecule has 1 aliphatic carbocycles. The smallest absolute Gasteiger partial charge is 0.233 e. The lowest BCUT2D eigenvalue weighted by Gasteiger charge is -2.07. The molecule has 0 radical (unpaired) electrons. The highest BCUT2D eigenvalue weighted by atomic mass is 32.2. The van der Waals surface area contributed by atoms with Crippen molar-refractivity contribution in [2.45, 2.75) is 24.8 Å². The Morgan fingerprint density at radius 3 is 2.81 bits per heavy atom. The first-order valence-corrected chi connectivity index (χ1v) is 6.20. The maximum absolute atomic E-state index is 13.4. The van der Waals surface area contributed by atoms with Crippen LogP contribution >= 0.6 is 0 Å². The SMILES string of the molecule is CC1=CC(F)C=C(C2CC(=O)NS2=O)C=C1. The molecule has 0 saturated carbocycles. The van der Waals surface area contributed by atoms with E-state index in [2.05, 4.69) is 4.72 Å². The van der Waals surface area contributed by atoms with Crippen LogP contribution in [0.2, 0.25) is 0 Å². The minimum absolute atomic E-state index is 0.161. The van der Waals surface area contributed by atoms with Crippen molar-refractivity contribution in [3.8, 4) is 0 Å². The number of halogens is 1. The Hall–Kier alpha value is -1.23. The molecular formula is C11H12FNO2S. The number of amides is 1. The van der Waals surface area contributed by atoms with Crippen molar-refractivity contribution < 1.29 is 13.4 Å².